The molecule has 0 aliphatic rings. The van der Waals surface area contributed by atoms with Gasteiger partial charge >= 0.3 is 16.3 Å². The lowest BCUT2D eigenvalue weighted by Gasteiger charge is -2.25. The molecule has 0 aliphatic heterocycles. The molecule has 1 aromatic rings. The molecule has 1 rings (SSSR count). The summed E-state index contributed by atoms with van der Waals surface area (Å²) >= 11 is 0. The van der Waals surface area contributed by atoms with Crippen molar-refractivity contribution in [3.63, 3.8) is 0 Å². The van der Waals surface area contributed by atoms with E-state index in [0.29, 0.717) is 0 Å². The van der Waals surface area contributed by atoms with Crippen LogP contribution in [0.4, 0.5) is 14.9 Å². The Morgan fingerprint density at radius 2 is 1.95 bits per heavy atom. The standard InChI is InChI=1S/C12H18FN3O4S/c1-12(2,3)20-11(17)16(21(15,18)19)7-8-4-5-9(14)6-10(8)13/h4-6H,7,14H2,1-3H3,(H2,15,18,19). The molecule has 0 atom stereocenters. The first-order valence-corrected chi connectivity index (χ1v) is 7.48. The van der Waals surface area contributed by atoms with Crippen LogP contribution in [0.1, 0.15) is 26.3 Å². The van der Waals surface area contributed by atoms with Crippen LogP contribution in [0.25, 0.3) is 0 Å². The number of anilines is 1. The molecule has 0 saturated heterocycles. The summed E-state index contributed by atoms with van der Waals surface area (Å²) in [6, 6.07) is 3.67. The number of benzene rings is 1. The molecule has 0 aliphatic carbocycles. The van der Waals surface area contributed by atoms with Crippen molar-refractivity contribution in [2.45, 2.75) is 32.9 Å². The van der Waals surface area contributed by atoms with Crippen LogP contribution in [0.15, 0.2) is 18.2 Å². The van der Waals surface area contributed by atoms with E-state index in [1.165, 1.54) is 12.1 Å². The number of nitrogens with two attached hydrogens (primary N) is 2. The number of nitrogens with zero attached hydrogens (tertiary/aromatic N) is 1. The summed E-state index contributed by atoms with van der Waals surface area (Å²) in [5.41, 5.74) is 4.61. The van der Waals surface area contributed by atoms with E-state index in [2.05, 4.69) is 0 Å². The van der Waals surface area contributed by atoms with E-state index in [1.54, 1.807) is 20.8 Å². The summed E-state index contributed by atoms with van der Waals surface area (Å²) in [4.78, 5) is 11.9. The zero-order valence-electron chi connectivity index (χ0n) is 12.0. The predicted molar refractivity (Wildman–Crippen MR) is 75.7 cm³/mol. The minimum absolute atomic E-state index is 0.0518. The molecule has 0 heterocycles. The largest absolute Gasteiger partial charge is 0.443 e. The summed E-state index contributed by atoms with van der Waals surface area (Å²) in [7, 11) is -4.40. The highest BCUT2D eigenvalue weighted by atomic mass is 32.2. The van der Waals surface area contributed by atoms with Gasteiger partial charge in [0.25, 0.3) is 0 Å². The average Bonchev–Trinajstić information content (AvgIpc) is 2.23. The van der Waals surface area contributed by atoms with E-state index in [9.17, 15) is 17.6 Å². The number of hydrogen-bond acceptors (Lipinski definition) is 5. The van der Waals surface area contributed by atoms with Crippen LogP contribution >= 0.6 is 0 Å². The molecular weight excluding hydrogens is 301 g/mol. The van der Waals surface area contributed by atoms with Crippen molar-refractivity contribution in [1.29, 1.82) is 0 Å². The third kappa shape index (κ3) is 5.20. The first kappa shape index (κ1) is 17.2. The quantitative estimate of drug-likeness (QED) is 0.816. The second-order valence-corrected chi connectivity index (χ2v) is 6.85. The van der Waals surface area contributed by atoms with Crippen LogP contribution in [0.2, 0.25) is 0 Å². The molecule has 1 amide bonds. The van der Waals surface area contributed by atoms with E-state index in [0.717, 1.165) is 6.07 Å². The van der Waals surface area contributed by atoms with Gasteiger partial charge in [-0.1, -0.05) is 6.07 Å². The lowest BCUT2D eigenvalue weighted by molar-refractivity contribution is 0.0381. The van der Waals surface area contributed by atoms with E-state index < -0.39 is 34.3 Å². The molecule has 0 radical (unpaired) electrons. The van der Waals surface area contributed by atoms with Gasteiger partial charge in [0.05, 0.1) is 6.54 Å². The van der Waals surface area contributed by atoms with Crippen molar-refractivity contribution in [1.82, 2.24) is 4.31 Å². The normalized spacial score (nSPS) is 12.0. The zero-order valence-corrected chi connectivity index (χ0v) is 12.8. The third-order valence-electron chi connectivity index (χ3n) is 2.30. The fraction of sp³-hybridized carbons (Fsp3) is 0.417. The molecule has 4 N–H and O–H groups in total. The second kappa shape index (κ2) is 5.86. The van der Waals surface area contributed by atoms with Crippen LogP contribution in [-0.2, 0) is 21.5 Å². The maximum atomic E-state index is 13.7. The van der Waals surface area contributed by atoms with Gasteiger partial charge in [-0.15, -0.1) is 0 Å². The third-order valence-corrected chi connectivity index (χ3v) is 3.19. The highest BCUT2D eigenvalue weighted by Crippen LogP contribution is 2.18. The predicted octanol–water partition coefficient (Wildman–Crippen LogP) is 1.35. The van der Waals surface area contributed by atoms with Crippen LogP contribution in [0.5, 0.6) is 0 Å². The van der Waals surface area contributed by atoms with Gasteiger partial charge in [0, 0.05) is 11.3 Å². The van der Waals surface area contributed by atoms with Crippen LogP contribution < -0.4 is 10.9 Å². The lowest BCUT2D eigenvalue weighted by Crippen LogP contribution is -2.43. The first-order valence-electron chi connectivity index (χ1n) is 5.97. The highest BCUT2D eigenvalue weighted by molar-refractivity contribution is 7.87. The Kier molecular flexibility index (Phi) is 4.79. The van der Waals surface area contributed by atoms with Crippen LogP contribution in [-0.4, -0.2) is 24.4 Å². The van der Waals surface area contributed by atoms with Crippen LogP contribution in [0.3, 0.4) is 0 Å². The number of carbonyl (C=O) groups excluding carboxylic acids is 1. The van der Waals surface area contributed by atoms with Gasteiger partial charge in [-0.05, 0) is 32.9 Å². The highest BCUT2D eigenvalue weighted by Gasteiger charge is 2.30. The van der Waals surface area contributed by atoms with Gasteiger partial charge in [-0.2, -0.15) is 12.7 Å². The molecule has 0 aromatic heterocycles. The molecule has 118 valence electrons. The summed E-state index contributed by atoms with van der Waals surface area (Å²) in [6.45, 7) is 4.11. The number of amides is 1. The number of rotatable bonds is 3. The number of carbonyl (C=O) groups is 1. The van der Waals surface area contributed by atoms with Crippen LogP contribution in [0, 0.1) is 5.82 Å². The molecule has 0 fully saturated rings. The summed E-state index contributed by atoms with van der Waals surface area (Å²) in [5, 5.41) is 4.98. The maximum Gasteiger partial charge on any atom is 0.425 e. The SMILES string of the molecule is CC(C)(C)OC(=O)N(Cc1ccc(N)cc1F)S(N)(=O)=O. The number of halogens is 1. The maximum absolute atomic E-state index is 13.7. The fourth-order valence-electron chi connectivity index (χ4n) is 1.42. The van der Waals surface area contributed by atoms with Crippen molar-refractivity contribution in [3.8, 4) is 0 Å². The topological polar surface area (TPSA) is 116 Å². The molecule has 0 bridgehead atoms. The van der Waals surface area contributed by atoms with Crippen molar-refractivity contribution < 1.29 is 22.3 Å². The average molecular weight is 319 g/mol. The first-order chi connectivity index (χ1) is 9.40. The zero-order chi connectivity index (χ0) is 16.4. The van der Waals surface area contributed by atoms with Gasteiger partial charge in [0.15, 0.2) is 0 Å². The van der Waals surface area contributed by atoms with E-state index >= 15 is 0 Å². The number of ether oxygens (including phenoxy) is 1. The Labute approximate surface area is 122 Å². The minimum Gasteiger partial charge on any atom is -0.443 e. The van der Waals surface area contributed by atoms with Crippen molar-refractivity contribution >= 4 is 22.0 Å². The summed E-state index contributed by atoms with van der Waals surface area (Å²) in [6.07, 6.45) is -1.18. The fourth-order valence-corrected chi connectivity index (χ4v) is 1.98. The molecule has 9 heteroatoms. The molecule has 0 saturated carbocycles. The molecule has 7 nitrogen and oxygen atoms in total. The molecule has 21 heavy (non-hydrogen) atoms. The van der Waals surface area contributed by atoms with Gasteiger partial charge in [0.1, 0.15) is 11.4 Å². The second-order valence-electron chi connectivity index (χ2n) is 5.38. The van der Waals surface area contributed by atoms with E-state index in [1.807, 2.05) is 0 Å². The van der Waals surface area contributed by atoms with Gasteiger partial charge < -0.3 is 10.5 Å². The van der Waals surface area contributed by atoms with Crippen molar-refractivity contribution in [3.05, 3.63) is 29.6 Å². The molecule has 0 unspecified atom stereocenters. The lowest BCUT2D eigenvalue weighted by atomic mass is 10.2. The Morgan fingerprint density at radius 1 is 1.38 bits per heavy atom. The van der Waals surface area contributed by atoms with Gasteiger partial charge in [0.2, 0.25) is 0 Å². The Hall–Kier alpha value is -1.87. The Bertz CT molecular complexity index is 640. The van der Waals surface area contributed by atoms with Gasteiger partial charge in [-0.25, -0.2) is 14.3 Å². The smallest absolute Gasteiger partial charge is 0.425 e. The van der Waals surface area contributed by atoms with Crippen molar-refractivity contribution in [2.75, 3.05) is 5.73 Å². The molecular formula is C12H18FN3O4S. The van der Waals surface area contributed by atoms with E-state index in [-0.39, 0.29) is 15.6 Å². The Balaban J connectivity index is 3.08. The summed E-state index contributed by atoms with van der Waals surface area (Å²) < 4.78 is 41.9. The summed E-state index contributed by atoms with van der Waals surface area (Å²) in [5.74, 6) is -0.743. The number of hydrogen-bond donors (Lipinski definition) is 2. The van der Waals surface area contributed by atoms with E-state index in [4.69, 9.17) is 15.6 Å². The Morgan fingerprint density at radius 3 is 2.38 bits per heavy atom. The van der Waals surface area contributed by atoms with Crippen molar-refractivity contribution in [2.24, 2.45) is 5.14 Å². The molecule has 1 aromatic carbocycles. The molecule has 0 spiro atoms. The minimum atomic E-state index is -4.40. The number of nitrogen functional groups attached to an aromatic ring is 1. The monoisotopic (exact) mass is 319 g/mol. The van der Waals surface area contributed by atoms with Gasteiger partial charge in [-0.3, -0.25) is 0 Å².